The molecule has 0 aromatic heterocycles. The first-order valence-corrected chi connectivity index (χ1v) is 15.1. The van der Waals surface area contributed by atoms with Crippen molar-refractivity contribution in [3.8, 4) is 11.5 Å². The van der Waals surface area contributed by atoms with Gasteiger partial charge in [0.25, 0.3) is 0 Å². The molecule has 2 N–H and O–H groups in total. The highest BCUT2D eigenvalue weighted by atomic mass is 79.9. The molecule has 1 heterocycles. The van der Waals surface area contributed by atoms with Crippen LogP contribution in [0.15, 0.2) is 106 Å². The number of nitrogens with zero attached hydrogens (tertiary/aromatic N) is 1. The van der Waals surface area contributed by atoms with Crippen LogP contribution in [0.1, 0.15) is 24.3 Å². The third kappa shape index (κ3) is 4.33. The molecule has 4 atom stereocenters. The largest absolute Gasteiger partial charge is 0.504 e. The van der Waals surface area contributed by atoms with Gasteiger partial charge in [-0.15, -0.1) is 0 Å². The number of nitrogens with one attached hydrogen (secondary N) is 1. The van der Waals surface area contributed by atoms with E-state index in [1.54, 1.807) is 30.3 Å². The lowest BCUT2D eigenvalue weighted by Gasteiger charge is -2.42. The van der Waals surface area contributed by atoms with Crippen LogP contribution in [-0.2, 0) is 19.2 Å². The van der Waals surface area contributed by atoms with Crippen LogP contribution in [0.5, 0.6) is 11.5 Å². The lowest BCUT2D eigenvalue weighted by molar-refractivity contribution is -0.123. The Hall–Kier alpha value is -4.76. The number of anilines is 3. The number of phenols is 1. The molecular formula is C35H27BrN2O6. The summed E-state index contributed by atoms with van der Waals surface area (Å²) in [6.45, 7) is 0. The van der Waals surface area contributed by atoms with Gasteiger partial charge in [0.15, 0.2) is 23.1 Å². The number of hydrogen-bond acceptors (Lipinski definition) is 7. The molecule has 220 valence electrons. The molecule has 0 radical (unpaired) electrons. The molecule has 3 aromatic carbocycles. The number of amides is 2. The summed E-state index contributed by atoms with van der Waals surface area (Å²) in [4.78, 5) is 56.1. The fourth-order valence-electron chi connectivity index (χ4n) is 7.14. The quantitative estimate of drug-likeness (QED) is 0.195. The number of ketones is 2. The molecule has 44 heavy (non-hydrogen) atoms. The average molecular weight is 652 g/mol. The first-order chi connectivity index (χ1) is 21.3. The Morgan fingerprint density at radius 1 is 0.886 bits per heavy atom. The normalized spacial score (nSPS) is 24.4. The van der Waals surface area contributed by atoms with Gasteiger partial charge in [0.05, 0.1) is 29.1 Å². The summed E-state index contributed by atoms with van der Waals surface area (Å²) < 4.78 is 5.50. The zero-order valence-electron chi connectivity index (χ0n) is 23.6. The van der Waals surface area contributed by atoms with Crippen molar-refractivity contribution in [1.82, 2.24) is 0 Å². The highest BCUT2D eigenvalue weighted by Gasteiger charge is 2.57. The van der Waals surface area contributed by atoms with E-state index < -0.39 is 23.7 Å². The van der Waals surface area contributed by atoms with Crippen molar-refractivity contribution in [2.75, 3.05) is 17.3 Å². The Balaban J connectivity index is 1.27. The molecule has 4 aliphatic rings. The van der Waals surface area contributed by atoms with Gasteiger partial charge in [-0.05, 0) is 77.2 Å². The number of carbonyl (C=O) groups is 4. The molecule has 0 bridgehead atoms. The molecule has 1 aliphatic heterocycles. The van der Waals surface area contributed by atoms with E-state index in [4.69, 9.17) is 4.74 Å². The Labute approximate surface area is 261 Å². The summed E-state index contributed by atoms with van der Waals surface area (Å²) in [7, 11) is 1.44. The van der Waals surface area contributed by atoms with E-state index in [9.17, 15) is 24.3 Å². The molecule has 3 aromatic rings. The summed E-state index contributed by atoms with van der Waals surface area (Å²) in [5, 5.41) is 14.5. The Morgan fingerprint density at radius 3 is 2.34 bits per heavy atom. The topological polar surface area (TPSA) is 113 Å². The number of ether oxygens (including phenoxy) is 1. The van der Waals surface area contributed by atoms with Gasteiger partial charge in [-0.1, -0.05) is 42.0 Å². The number of rotatable bonds is 5. The minimum atomic E-state index is -0.770. The van der Waals surface area contributed by atoms with E-state index in [1.165, 1.54) is 18.1 Å². The third-order valence-electron chi connectivity index (χ3n) is 9.08. The zero-order valence-corrected chi connectivity index (χ0v) is 25.2. The minimum Gasteiger partial charge on any atom is -0.504 e. The van der Waals surface area contributed by atoms with Crippen molar-refractivity contribution in [2.24, 2.45) is 17.8 Å². The molecule has 8 nitrogen and oxygen atoms in total. The number of phenolic OH excluding ortho intramolecular Hbond substituents is 1. The summed E-state index contributed by atoms with van der Waals surface area (Å²) in [6, 6.07) is 21.8. The standard InChI is InChI=1S/C35H27BrN2O6/c1-44-28-9-5-8-22(33(28)41)29-21-14-15-23-30(24(21)16-25-31(29)27(39)17-26(36)32(25)40)35(43)38(34(23)42)20-12-10-19(11-13-20)37-18-6-3-2-4-7-18/h2-14,17,23-24,29-30,37,41H,15-16H2,1H3. The second kappa shape index (κ2) is 10.7. The lowest BCUT2D eigenvalue weighted by atomic mass is 9.59. The predicted octanol–water partition coefficient (Wildman–Crippen LogP) is 6.11. The minimum absolute atomic E-state index is 0.135. The SMILES string of the molecule is COc1cccc(C2C3=CCC4C(=O)N(c5ccc(Nc6ccccc6)cc5)C(=O)C4C3CC3=C2C(=O)C=C(Br)C3=O)c1O. The Bertz CT molecular complexity index is 1840. The van der Waals surface area contributed by atoms with Gasteiger partial charge in [0, 0.05) is 40.1 Å². The second-order valence-electron chi connectivity index (χ2n) is 11.3. The number of para-hydroxylation sites is 2. The van der Waals surface area contributed by atoms with E-state index in [2.05, 4.69) is 21.2 Å². The maximum atomic E-state index is 14.2. The second-order valence-corrected chi connectivity index (χ2v) is 12.2. The van der Waals surface area contributed by atoms with Gasteiger partial charge in [0.2, 0.25) is 11.8 Å². The number of benzene rings is 3. The van der Waals surface area contributed by atoms with Crippen molar-refractivity contribution in [2.45, 2.75) is 18.8 Å². The monoisotopic (exact) mass is 650 g/mol. The number of fused-ring (bicyclic) bond motifs is 3. The molecule has 4 unspecified atom stereocenters. The van der Waals surface area contributed by atoms with Crippen molar-refractivity contribution < 1.29 is 29.0 Å². The molecule has 7 rings (SSSR count). The van der Waals surface area contributed by atoms with Crippen LogP contribution < -0.4 is 15.0 Å². The van der Waals surface area contributed by atoms with Crippen molar-refractivity contribution in [3.05, 3.63) is 112 Å². The molecule has 9 heteroatoms. The summed E-state index contributed by atoms with van der Waals surface area (Å²) in [5.41, 5.74) is 3.96. The fraction of sp³-hybridized carbons (Fsp3) is 0.200. The molecule has 1 fully saturated rings. The van der Waals surface area contributed by atoms with Gasteiger partial charge >= 0.3 is 0 Å². The predicted molar refractivity (Wildman–Crippen MR) is 168 cm³/mol. The Morgan fingerprint density at radius 2 is 1.61 bits per heavy atom. The van der Waals surface area contributed by atoms with Crippen LogP contribution in [0, 0.1) is 17.8 Å². The average Bonchev–Trinajstić information content (AvgIpc) is 3.29. The van der Waals surface area contributed by atoms with E-state index >= 15 is 0 Å². The maximum Gasteiger partial charge on any atom is 0.238 e. The molecular weight excluding hydrogens is 624 g/mol. The van der Waals surface area contributed by atoms with Gasteiger partial charge in [-0.2, -0.15) is 0 Å². The molecule has 0 spiro atoms. The first kappa shape index (κ1) is 28.0. The summed E-state index contributed by atoms with van der Waals surface area (Å²) in [5.74, 6) is -3.79. The van der Waals surface area contributed by atoms with E-state index in [0.29, 0.717) is 23.2 Å². The van der Waals surface area contributed by atoms with E-state index in [1.807, 2.05) is 48.5 Å². The Kier molecular flexibility index (Phi) is 6.85. The van der Waals surface area contributed by atoms with Crippen molar-refractivity contribution >= 4 is 56.4 Å². The number of aromatic hydroxyl groups is 1. The highest BCUT2D eigenvalue weighted by molar-refractivity contribution is 9.12. The maximum absolute atomic E-state index is 14.2. The lowest BCUT2D eigenvalue weighted by Crippen LogP contribution is -2.39. The van der Waals surface area contributed by atoms with Crippen LogP contribution >= 0.6 is 15.9 Å². The molecule has 2 amide bonds. The number of methoxy groups -OCH3 is 1. The fourth-order valence-corrected chi connectivity index (χ4v) is 7.58. The van der Waals surface area contributed by atoms with E-state index in [-0.39, 0.29) is 51.4 Å². The van der Waals surface area contributed by atoms with Crippen molar-refractivity contribution in [1.29, 1.82) is 0 Å². The van der Waals surface area contributed by atoms with Gasteiger partial charge in [-0.25, -0.2) is 0 Å². The summed E-state index contributed by atoms with van der Waals surface area (Å²) in [6.07, 6.45) is 3.63. The van der Waals surface area contributed by atoms with Gasteiger partial charge < -0.3 is 15.2 Å². The van der Waals surface area contributed by atoms with Crippen LogP contribution in [0.2, 0.25) is 0 Å². The van der Waals surface area contributed by atoms with Crippen LogP contribution in [0.3, 0.4) is 0 Å². The number of halogens is 1. The number of carbonyl (C=O) groups excluding carboxylic acids is 4. The zero-order chi connectivity index (χ0) is 30.7. The molecule has 0 saturated carbocycles. The van der Waals surface area contributed by atoms with Gasteiger partial charge in [-0.3, -0.25) is 24.1 Å². The van der Waals surface area contributed by atoms with Crippen LogP contribution in [-0.4, -0.2) is 35.6 Å². The third-order valence-corrected chi connectivity index (χ3v) is 9.67. The van der Waals surface area contributed by atoms with Gasteiger partial charge in [0.1, 0.15) is 0 Å². The van der Waals surface area contributed by atoms with E-state index in [0.717, 1.165) is 16.9 Å². The molecule has 3 aliphatic carbocycles. The number of imide groups is 1. The first-order valence-electron chi connectivity index (χ1n) is 14.3. The highest BCUT2D eigenvalue weighted by Crippen LogP contribution is 2.57. The van der Waals surface area contributed by atoms with Crippen LogP contribution in [0.4, 0.5) is 17.1 Å². The van der Waals surface area contributed by atoms with Crippen LogP contribution in [0.25, 0.3) is 0 Å². The smallest absolute Gasteiger partial charge is 0.238 e. The molecule has 1 saturated heterocycles. The number of hydrogen-bond donors (Lipinski definition) is 2. The van der Waals surface area contributed by atoms with Crippen molar-refractivity contribution in [3.63, 3.8) is 0 Å². The number of allylic oxidation sites excluding steroid dienone is 6. The number of Topliss-reactive ketones (excluding diaryl/α,β-unsaturated/α-hetero) is 1. The summed E-state index contributed by atoms with van der Waals surface area (Å²) >= 11 is 3.24.